The van der Waals surface area contributed by atoms with Gasteiger partial charge < -0.3 is 9.80 Å². The molecule has 1 aliphatic rings. The van der Waals surface area contributed by atoms with Crippen LogP contribution in [-0.4, -0.2) is 37.7 Å². The van der Waals surface area contributed by atoms with Gasteiger partial charge in [0, 0.05) is 35.8 Å². The maximum atomic E-state index is 2.40. The number of benzene rings is 1. The molecule has 18 heavy (non-hydrogen) atoms. The molecule has 0 radical (unpaired) electrons. The van der Waals surface area contributed by atoms with Crippen LogP contribution in [0.3, 0.4) is 0 Å². The second-order valence-corrected chi connectivity index (χ2v) is 6.10. The van der Waals surface area contributed by atoms with E-state index in [1.807, 2.05) is 0 Å². The molecule has 1 aromatic rings. The molecule has 1 aromatic carbocycles. The van der Waals surface area contributed by atoms with Crippen molar-refractivity contribution in [2.45, 2.75) is 20.4 Å². The van der Waals surface area contributed by atoms with E-state index in [2.05, 4.69) is 54.8 Å². The minimum absolute atomic E-state index is 1.09. The van der Waals surface area contributed by atoms with Crippen molar-refractivity contribution in [3.8, 4) is 0 Å². The number of nitrogens with zero attached hydrogens (tertiary/aromatic N) is 1. The highest BCUT2D eigenvalue weighted by atomic mass is 32.2. The third kappa shape index (κ3) is 3.66. The number of hydrogen-bond acceptors (Lipinski definition) is 2. The molecule has 0 atom stereocenters. The lowest BCUT2D eigenvalue weighted by Crippen LogP contribution is -3.12. The van der Waals surface area contributed by atoms with Gasteiger partial charge in [-0.25, -0.2) is 0 Å². The Hall–Kier alpha value is -0.670. The molecular weight excluding hydrogens is 240 g/mol. The first-order valence-corrected chi connectivity index (χ1v) is 8.24. The van der Waals surface area contributed by atoms with Crippen LogP contribution in [0.25, 0.3) is 0 Å². The van der Waals surface area contributed by atoms with Gasteiger partial charge in [-0.05, 0) is 26.0 Å². The van der Waals surface area contributed by atoms with E-state index in [4.69, 9.17) is 0 Å². The van der Waals surface area contributed by atoms with Crippen LogP contribution >= 0.6 is 11.8 Å². The number of quaternary nitrogens is 1. The van der Waals surface area contributed by atoms with Gasteiger partial charge in [-0.15, -0.1) is 0 Å². The lowest BCUT2D eigenvalue weighted by molar-refractivity contribution is -0.910. The topological polar surface area (TPSA) is 7.68 Å². The van der Waals surface area contributed by atoms with Gasteiger partial charge in [0.05, 0.1) is 13.1 Å². The molecule has 0 aliphatic carbocycles. The summed E-state index contributed by atoms with van der Waals surface area (Å²) in [6, 6.07) is 9.17. The Labute approximate surface area is 115 Å². The summed E-state index contributed by atoms with van der Waals surface area (Å²) < 4.78 is 0. The van der Waals surface area contributed by atoms with E-state index in [-0.39, 0.29) is 0 Å². The third-order valence-electron chi connectivity index (χ3n) is 3.72. The van der Waals surface area contributed by atoms with Gasteiger partial charge in [0.2, 0.25) is 0 Å². The molecule has 1 fully saturated rings. The zero-order chi connectivity index (χ0) is 12.8. The fourth-order valence-electron chi connectivity index (χ4n) is 2.54. The monoisotopic (exact) mass is 265 g/mol. The van der Waals surface area contributed by atoms with Gasteiger partial charge in [0.25, 0.3) is 0 Å². The molecule has 1 aliphatic heterocycles. The van der Waals surface area contributed by atoms with Gasteiger partial charge in [-0.2, -0.15) is 11.8 Å². The van der Waals surface area contributed by atoms with E-state index in [1.54, 1.807) is 4.90 Å². The Morgan fingerprint density at radius 2 is 1.67 bits per heavy atom. The van der Waals surface area contributed by atoms with Crippen molar-refractivity contribution in [1.29, 1.82) is 0 Å². The highest BCUT2D eigenvalue weighted by Crippen LogP contribution is 2.14. The van der Waals surface area contributed by atoms with Crippen molar-refractivity contribution >= 4 is 17.4 Å². The molecule has 0 saturated carbocycles. The second kappa shape index (κ2) is 7.05. The molecule has 0 amide bonds. The van der Waals surface area contributed by atoms with Crippen LogP contribution in [0.4, 0.5) is 5.69 Å². The van der Waals surface area contributed by atoms with E-state index in [0.717, 1.165) is 13.1 Å². The minimum Gasteiger partial charge on any atom is -0.372 e. The summed E-state index contributed by atoms with van der Waals surface area (Å²) in [5.41, 5.74) is 2.83. The van der Waals surface area contributed by atoms with Gasteiger partial charge in [0.15, 0.2) is 0 Å². The van der Waals surface area contributed by atoms with E-state index in [1.165, 1.54) is 42.4 Å². The first-order chi connectivity index (χ1) is 8.83. The molecule has 1 heterocycles. The summed E-state index contributed by atoms with van der Waals surface area (Å²) in [5, 5.41) is 0. The average Bonchev–Trinajstić information content (AvgIpc) is 2.43. The molecule has 2 rings (SSSR count). The molecule has 1 N–H and O–H groups in total. The SMILES string of the molecule is CCN(CC)c1ccc(C[NH+]2CCSCC2)cc1. The van der Waals surface area contributed by atoms with E-state index in [9.17, 15) is 0 Å². The Morgan fingerprint density at radius 1 is 1.06 bits per heavy atom. The third-order valence-corrected chi connectivity index (χ3v) is 4.70. The van der Waals surface area contributed by atoms with Crippen LogP contribution in [0.1, 0.15) is 19.4 Å². The number of nitrogens with one attached hydrogen (secondary N) is 1. The number of thioether (sulfide) groups is 1. The summed E-state index contributed by atoms with van der Waals surface area (Å²) in [7, 11) is 0. The first-order valence-electron chi connectivity index (χ1n) is 7.08. The molecule has 3 heteroatoms. The smallest absolute Gasteiger partial charge is 0.103 e. The fraction of sp³-hybridized carbons (Fsp3) is 0.600. The van der Waals surface area contributed by atoms with E-state index < -0.39 is 0 Å². The standard InChI is InChI=1S/C15H24N2S/c1-3-17(4-2)15-7-5-14(6-8-15)13-16-9-11-18-12-10-16/h5-8H,3-4,9-13H2,1-2H3/p+1. The largest absolute Gasteiger partial charge is 0.372 e. The van der Waals surface area contributed by atoms with Crippen LogP contribution in [0, 0.1) is 0 Å². The summed E-state index contributed by atoms with van der Waals surface area (Å²) in [5.74, 6) is 2.65. The van der Waals surface area contributed by atoms with Crippen molar-refractivity contribution in [2.24, 2.45) is 0 Å². The van der Waals surface area contributed by atoms with E-state index in [0.29, 0.717) is 0 Å². The zero-order valence-corrected chi connectivity index (χ0v) is 12.4. The van der Waals surface area contributed by atoms with Crippen LogP contribution in [0.15, 0.2) is 24.3 Å². The molecule has 0 aromatic heterocycles. The highest BCUT2D eigenvalue weighted by Gasteiger charge is 2.14. The summed E-state index contributed by atoms with van der Waals surface area (Å²) in [4.78, 5) is 4.14. The van der Waals surface area contributed by atoms with Gasteiger partial charge in [0.1, 0.15) is 6.54 Å². The molecule has 0 unspecified atom stereocenters. The normalized spacial score (nSPS) is 16.8. The Balaban J connectivity index is 1.94. The number of rotatable bonds is 5. The Kier molecular flexibility index (Phi) is 5.39. The average molecular weight is 265 g/mol. The molecule has 0 spiro atoms. The minimum atomic E-state index is 1.09. The quantitative estimate of drug-likeness (QED) is 0.866. The highest BCUT2D eigenvalue weighted by molar-refractivity contribution is 7.99. The van der Waals surface area contributed by atoms with Crippen molar-refractivity contribution < 1.29 is 4.90 Å². The lowest BCUT2D eigenvalue weighted by Gasteiger charge is -2.24. The fourth-order valence-corrected chi connectivity index (χ4v) is 3.61. The molecule has 2 nitrogen and oxygen atoms in total. The predicted octanol–water partition coefficient (Wildman–Crippen LogP) is 1.66. The maximum absolute atomic E-state index is 2.40. The Morgan fingerprint density at radius 3 is 2.22 bits per heavy atom. The summed E-state index contributed by atoms with van der Waals surface area (Å²) >= 11 is 2.09. The molecular formula is C15H25N2S+. The van der Waals surface area contributed by atoms with Crippen molar-refractivity contribution in [2.75, 3.05) is 42.6 Å². The van der Waals surface area contributed by atoms with Gasteiger partial charge >= 0.3 is 0 Å². The number of hydrogen-bond donors (Lipinski definition) is 1. The zero-order valence-electron chi connectivity index (χ0n) is 11.6. The van der Waals surface area contributed by atoms with Crippen molar-refractivity contribution in [3.63, 3.8) is 0 Å². The number of anilines is 1. The van der Waals surface area contributed by atoms with Crippen LogP contribution in [0.5, 0.6) is 0 Å². The van der Waals surface area contributed by atoms with Crippen LogP contribution < -0.4 is 9.80 Å². The molecule has 0 bridgehead atoms. The molecule has 1 saturated heterocycles. The lowest BCUT2D eigenvalue weighted by atomic mass is 10.2. The first kappa shape index (κ1) is 13.8. The van der Waals surface area contributed by atoms with Crippen LogP contribution in [-0.2, 0) is 6.54 Å². The van der Waals surface area contributed by atoms with Gasteiger partial charge in [-0.3, -0.25) is 0 Å². The van der Waals surface area contributed by atoms with Crippen molar-refractivity contribution in [1.82, 2.24) is 0 Å². The van der Waals surface area contributed by atoms with Crippen molar-refractivity contribution in [3.05, 3.63) is 29.8 Å². The summed E-state index contributed by atoms with van der Waals surface area (Å²) in [6.45, 7) is 10.4. The summed E-state index contributed by atoms with van der Waals surface area (Å²) in [6.07, 6.45) is 0. The maximum Gasteiger partial charge on any atom is 0.103 e. The second-order valence-electron chi connectivity index (χ2n) is 4.88. The molecule has 100 valence electrons. The predicted molar refractivity (Wildman–Crippen MR) is 81.7 cm³/mol. The van der Waals surface area contributed by atoms with Gasteiger partial charge in [-0.1, -0.05) is 12.1 Å². The van der Waals surface area contributed by atoms with Crippen LogP contribution in [0.2, 0.25) is 0 Å². The van der Waals surface area contributed by atoms with E-state index >= 15 is 0 Å². The Bertz CT molecular complexity index is 340.